The maximum atomic E-state index is 13.3. The van der Waals surface area contributed by atoms with E-state index in [9.17, 15) is 14.0 Å². The number of hydrogen-bond acceptors (Lipinski definition) is 4. The highest BCUT2D eigenvalue weighted by Gasteiger charge is 2.44. The third kappa shape index (κ3) is 3.16. The van der Waals surface area contributed by atoms with Crippen LogP contribution in [0, 0.1) is 17.8 Å². The summed E-state index contributed by atoms with van der Waals surface area (Å²) in [6, 6.07) is 6.45. The maximum absolute atomic E-state index is 13.3. The highest BCUT2D eigenvalue weighted by atomic mass is 19.1. The summed E-state index contributed by atoms with van der Waals surface area (Å²) in [7, 11) is 0. The third-order valence-corrected chi connectivity index (χ3v) is 5.20. The molecule has 2 aromatic rings. The summed E-state index contributed by atoms with van der Waals surface area (Å²) in [5.74, 6) is -0.848. The molecular formula is C19H19FN4O2. The van der Waals surface area contributed by atoms with Gasteiger partial charge < -0.3 is 9.80 Å². The van der Waals surface area contributed by atoms with Gasteiger partial charge in [-0.25, -0.2) is 4.98 Å². The van der Waals surface area contributed by atoms with E-state index in [1.165, 1.54) is 12.3 Å². The maximum Gasteiger partial charge on any atom is 0.254 e. The average molecular weight is 354 g/mol. The SMILES string of the molecule is O=C(c1ccnc(F)c1)N1CC2CCN(Cc3cccnc3)C(=O)C2C1. The van der Waals surface area contributed by atoms with Gasteiger partial charge in [-0.1, -0.05) is 6.07 Å². The summed E-state index contributed by atoms with van der Waals surface area (Å²) in [6.07, 6.45) is 5.62. The van der Waals surface area contributed by atoms with Crippen LogP contribution in [0.3, 0.4) is 0 Å². The topological polar surface area (TPSA) is 66.4 Å². The molecule has 0 N–H and O–H groups in total. The average Bonchev–Trinajstić information content (AvgIpc) is 3.09. The Morgan fingerprint density at radius 1 is 1.27 bits per heavy atom. The molecule has 0 aromatic carbocycles. The molecular weight excluding hydrogens is 335 g/mol. The molecule has 0 spiro atoms. The van der Waals surface area contributed by atoms with E-state index in [4.69, 9.17) is 0 Å². The summed E-state index contributed by atoms with van der Waals surface area (Å²) in [6.45, 7) is 2.15. The van der Waals surface area contributed by atoms with Crippen molar-refractivity contribution in [3.05, 3.63) is 59.9 Å². The molecule has 134 valence electrons. The van der Waals surface area contributed by atoms with Crippen molar-refractivity contribution in [2.75, 3.05) is 19.6 Å². The Bertz CT molecular complexity index is 829. The van der Waals surface area contributed by atoms with E-state index in [-0.39, 0.29) is 29.2 Å². The smallest absolute Gasteiger partial charge is 0.254 e. The van der Waals surface area contributed by atoms with Gasteiger partial charge in [0.05, 0.1) is 5.92 Å². The van der Waals surface area contributed by atoms with Crippen LogP contribution in [0.5, 0.6) is 0 Å². The van der Waals surface area contributed by atoms with Crippen LogP contribution in [0.1, 0.15) is 22.3 Å². The number of halogens is 1. The van der Waals surface area contributed by atoms with Crippen LogP contribution in [0.4, 0.5) is 4.39 Å². The zero-order chi connectivity index (χ0) is 18.1. The molecule has 0 radical (unpaired) electrons. The van der Waals surface area contributed by atoms with E-state index < -0.39 is 5.95 Å². The second kappa shape index (κ2) is 6.82. The van der Waals surface area contributed by atoms with Gasteiger partial charge in [0, 0.05) is 56.4 Å². The summed E-state index contributed by atoms with van der Waals surface area (Å²) < 4.78 is 13.3. The molecule has 0 saturated carbocycles. The number of hydrogen-bond donors (Lipinski definition) is 0. The van der Waals surface area contributed by atoms with E-state index in [1.54, 1.807) is 17.3 Å². The molecule has 4 rings (SSSR count). The van der Waals surface area contributed by atoms with Crippen molar-refractivity contribution in [3.63, 3.8) is 0 Å². The fraction of sp³-hybridized carbons (Fsp3) is 0.368. The minimum absolute atomic E-state index is 0.0845. The first-order valence-electron chi connectivity index (χ1n) is 8.70. The Morgan fingerprint density at radius 3 is 2.92 bits per heavy atom. The largest absolute Gasteiger partial charge is 0.338 e. The van der Waals surface area contributed by atoms with Crippen LogP contribution in [-0.2, 0) is 11.3 Å². The Balaban J connectivity index is 1.45. The van der Waals surface area contributed by atoms with Crippen molar-refractivity contribution in [2.24, 2.45) is 11.8 Å². The van der Waals surface area contributed by atoms with Crippen LogP contribution in [0.15, 0.2) is 42.9 Å². The second-order valence-electron chi connectivity index (χ2n) is 6.85. The predicted molar refractivity (Wildman–Crippen MR) is 91.3 cm³/mol. The highest BCUT2D eigenvalue weighted by Crippen LogP contribution is 2.33. The molecule has 6 nitrogen and oxygen atoms in total. The van der Waals surface area contributed by atoms with Crippen molar-refractivity contribution in [1.82, 2.24) is 19.8 Å². The lowest BCUT2D eigenvalue weighted by atomic mass is 9.88. The Morgan fingerprint density at radius 2 is 2.15 bits per heavy atom. The molecule has 2 amide bonds. The number of aromatic nitrogens is 2. The molecule has 0 bridgehead atoms. The number of piperidine rings is 1. The zero-order valence-electron chi connectivity index (χ0n) is 14.2. The number of carbonyl (C=O) groups excluding carboxylic acids is 2. The molecule has 2 fully saturated rings. The Kier molecular flexibility index (Phi) is 4.36. The number of fused-ring (bicyclic) bond motifs is 1. The number of amides is 2. The van der Waals surface area contributed by atoms with Crippen LogP contribution in [0.2, 0.25) is 0 Å². The van der Waals surface area contributed by atoms with Gasteiger partial charge in [0.2, 0.25) is 11.9 Å². The van der Waals surface area contributed by atoms with E-state index in [1.807, 2.05) is 17.0 Å². The van der Waals surface area contributed by atoms with Crippen LogP contribution in [0.25, 0.3) is 0 Å². The normalized spacial score (nSPS) is 22.4. The standard InChI is InChI=1S/C19H19FN4O2/c20-17-8-14(3-6-22-17)18(25)24-11-15-4-7-23(19(26)16(15)12-24)10-13-2-1-5-21-9-13/h1-3,5-6,8-9,15-16H,4,7,10-12H2. The molecule has 2 aliphatic heterocycles. The van der Waals surface area contributed by atoms with Crippen molar-refractivity contribution in [3.8, 4) is 0 Å². The van der Waals surface area contributed by atoms with Crippen LogP contribution < -0.4 is 0 Å². The fourth-order valence-corrected chi connectivity index (χ4v) is 3.86. The van der Waals surface area contributed by atoms with E-state index in [0.717, 1.165) is 18.1 Å². The Labute approximate surface area is 150 Å². The minimum atomic E-state index is -0.675. The number of pyridine rings is 2. The van der Waals surface area contributed by atoms with Crippen LogP contribution >= 0.6 is 0 Å². The molecule has 2 saturated heterocycles. The lowest BCUT2D eigenvalue weighted by Gasteiger charge is -2.33. The molecule has 7 heteroatoms. The molecule has 2 unspecified atom stereocenters. The van der Waals surface area contributed by atoms with Gasteiger partial charge in [0.1, 0.15) is 0 Å². The van der Waals surface area contributed by atoms with Gasteiger partial charge in [-0.15, -0.1) is 0 Å². The predicted octanol–water partition coefficient (Wildman–Crippen LogP) is 1.74. The van der Waals surface area contributed by atoms with Crippen molar-refractivity contribution < 1.29 is 14.0 Å². The number of likely N-dealkylation sites (tertiary alicyclic amines) is 2. The van der Waals surface area contributed by atoms with Crippen LogP contribution in [-0.4, -0.2) is 51.2 Å². The van der Waals surface area contributed by atoms with Gasteiger partial charge in [0.25, 0.3) is 5.91 Å². The third-order valence-electron chi connectivity index (χ3n) is 5.20. The first kappa shape index (κ1) is 16.6. The zero-order valence-corrected chi connectivity index (χ0v) is 14.2. The van der Waals surface area contributed by atoms with Gasteiger partial charge in [-0.3, -0.25) is 14.6 Å². The van der Waals surface area contributed by atoms with Gasteiger partial charge in [-0.2, -0.15) is 4.39 Å². The summed E-state index contributed by atoms with van der Waals surface area (Å²) in [5, 5.41) is 0. The quantitative estimate of drug-likeness (QED) is 0.788. The molecule has 0 aliphatic carbocycles. The molecule has 2 aromatic heterocycles. The molecule has 2 atom stereocenters. The van der Waals surface area contributed by atoms with E-state index in [0.29, 0.717) is 26.2 Å². The second-order valence-corrected chi connectivity index (χ2v) is 6.85. The molecule has 2 aliphatic rings. The number of nitrogens with zero attached hydrogens (tertiary/aromatic N) is 4. The van der Waals surface area contributed by atoms with E-state index >= 15 is 0 Å². The molecule has 4 heterocycles. The van der Waals surface area contributed by atoms with Gasteiger partial charge >= 0.3 is 0 Å². The number of rotatable bonds is 3. The Hall–Kier alpha value is -2.83. The first-order chi connectivity index (χ1) is 12.6. The van der Waals surface area contributed by atoms with Crippen molar-refractivity contribution >= 4 is 11.8 Å². The van der Waals surface area contributed by atoms with Gasteiger partial charge in [0.15, 0.2) is 0 Å². The first-order valence-corrected chi connectivity index (χ1v) is 8.70. The highest BCUT2D eigenvalue weighted by molar-refractivity contribution is 5.95. The monoisotopic (exact) mass is 354 g/mol. The molecule has 26 heavy (non-hydrogen) atoms. The minimum Gasteiger partial charge on any atom is -0.338 e. The number of carbonyl (C=O) groups is 2. The van der Waals surface area contributed by atoms with Gasteiger partial charge in [-0.05, 0) is 30.0 Å². The van der Waals surface area contributed by atoms with Crippen molar-refractivity contribution in [1.29, 1.82) is 0 Å². The summed E-state index contributed by atoms with van der Waals surface area (Å²) in [4.78, 5) is 36.6. The lowest BCUT2D eigenvalue weighted by Crippen LogP contribution is -2.44. The lowest BCUT2D eigenvalue weighted by molar-refractivity contribution is -0.140. The fourth-order valence-electron chi connectivity index (χ4n) is 3.86. The summed E-state index contributed by atoms with van der Waals surface area (Å²) >= 11 is 0. The summed E-state index contributed by atoms with van der Waals surface area (Å²) in [5.41, 5.74) is 1.27. The van der Waals surface area contributed by atoms with Crippen molar-refractivity contribution in [2.45, 2.75) is 13.0 Å². The van der Waals surface area contributed by atoms with E-state index in [2.05, 4.69) is 9.97 Å².